The maximum Gasteiger partial charge on any atom is 0.0594 e. The van der Waals surface area contributed by atoms with Gasteiger partial charge in [0.05, 0.1) is 13.2 Å². The van der Waals surface area contributed by atoms with E-state index in [-0.39, 0.29) is 0 Å². The molecule has 0 aliphatic carbocycles. The Morgan fingerprint density at radius 1 is 0.833 bits per heavy atom. The van der Waals surface area contributed by atoms with Crippen LogP contribution in [0.1, 0.15) is 27.8 Å². The predicted molar refractivity (Wildman–Crippen MR) is 99.0 cm³/mol. The van der Waals surface area contributed by atoms with Crippen molar-refractivity contribution in [3.63, 3.8) is 0 Å². The SMILES string of the molecule is Cc1ccc(CNCc2ccc(CN3CCOCC3)cc2)cc1C. The Hall–Kier alpha value is -1.68. The lowest BCUT2D eigenvalue weighted by atomic mass is 10.1. The zero-order valence-corrected chi connectivity index (χ0v) is 14.8. The molecule has 1 aliphatic heterocycles. The van der Waals surface area contributed by atoms with Gasteiger partial charge in [0.2, 0.25) is 0 Å². The standard InChI is InChI=1S/C21H28N2O/c1-17-3-4-21(13-18(17)2)15-22-14-19-5-7-20(8-6-19)16-23-9-11-24-12-10-23/h3-8,13,22H,9-12,14-16H2,1-2H3. The van der Waals surface area contributed by atoms with Gasteiger partial charge in [0, 0.05) is 32.7 Å². The second-order valence-electron chi connectivity index (χ2n) is 6.73. The van der Waals surface area contributed by atoms with Crippen molar-refractivity contribution in [1.29, 1.82) is 0 Å². The van der Waals surface area contributed by atoms with Crippen LogP contribution in [-0.4, -0.2) is 31.2 Å². The van der Waals surface area contributed by atoms with Crippen molar-refractivity contribution in [1.82, 2.24) is 10.2 Å². The van der Waals surface area contributed by atoms with Crippen LogP contribution < -0.4 is 5.32 Å². The molecule has 1 saturated heterocycles. The topological polar surface area (TPSA) is 24.5 Å². The number of hydrogen-bond donors (Lipinski definition) is 1. The van der Waals surface area contributed by atoms with E-state index in [0.29, 0.717) is 0 Å². The predicted octanol–water partition coefficient (Wildman–Crippen LogP) is 3.43. The first-order valence-corrected chi connectivity index (χ1v) is 8.85. The van der Waals surface area contributed by atoms with Crippen molar-refractivity contribution in [3.05, 3.63) is 70.3 Å². The van der Waals surface area contributed by atoms with Gasteiger partial charge in [-0.05, 0) is 41.7 Å². The van der Waals surface area contributed by atoms with E-state index < -0.39 is 0 Å². The van der Waals surface area contributed by atoms with Crippen molar-refractivity contribution < 1.29 is 4.74 Å². The first-order valence-electron chi connectivity index (χ1n) is 8.85. The number of morpholine rings is 1. The Kier molecular flexibility index (Phi) is 6.02. The molecule has 0 spiro atoms. The second-order valence-corrected chi connectivity index (χ2v) is 6.73. The van der Waals surface area contributed by atoms with Crippen LogP contribution >= 0.6 is 0 Å². The molecular weight excluding hydrogens is 296 g/mol. The summed E-state index contributed by atoms with van der Waals surface area (Å²) in [6.45, 7) is 11.0. The third-order valence-corrected chi connectivity index (χ3v) is 4.76. The van der Waals surface area contributed by atoms with Crippen molar-refractivity contribution in [2.75, 3.05) is 26.3 Å². The summed E-state index contributed by atoms with van der Waals surface area (Å²) >= 11 is 0. The van der Waals surface area contributed by atoms with Crippen LogP contribution in [0.15, 0.2) is 42.5 Å². The van der Waals surface area contributed by atoms with Crippen molar-refractivity contribution in [2.45, 2.75) is 33.5 Å². The number of benzene rings is 2. The fourth-order valence-electron chi connectivity index (χ4n) is 3.04. The molecule has 3 heteroatoms. The molecule has 1 heterocycles. The largest absolute Gasteiger partial charge is 0.379 e. The van der Waals surface area contributed by atoms with Crippen LogP contribution in [0.25, 0.3) is 0 Å². The number of ether oxygens (including phenoxy) is 1. The first-order chi connectivity index (χ1) is 11.7. The molecular formula is C21H28N2O. The van der Waals surface area contributed by atoms with Gasteiger partial charge in [0.15, 0.2) is 0 Å². The summed E-state index contributed by atoms with van der Waals surface area (Å²) in [4.78, 5) is 2.45. The second kappa shape index (κ2) is 8.43. The van der Waals surface area contributed by atoms with Crippen LogP contribution in [-0.2, 0) is 24.4 Å². The highest BCUT2D eigenvalue weighted by atomic mass is 16.5. The van der Waals surface area contributed by atoms with Crippen LogP contribution in [0.5, 0.6) is 0 Å². The number of aryl methyl sites for hydroxylation is 2. The number of hydrogen-bond acceptors (Lipinski definition) is 3. The van der Waals surface area contributed by atoms with Crippen LogP contribution in [0.3, 0.4) is 0 Å². The highest BCUT2D eigenvalue weighted by molar-refractivity contribution is 5.30. The lowest BCUT2D eigenvalue weighted by Crippen LogP contribution is -2.35. The molecule has 0 saturated carbocycles. The summed E-state index contributed by atoms with van der Waals surface area (Å²) in [5, 5.41) is 3.54. The third kappa shape index (κ3) is 4.91. The summed E-state index contributed by atoms with van der Waals surface area (Å²) in [6.07, 6.45) is 0. The van der Waals surface area contributed by atoms with Crippen molar-refractivity contribution >= 4 is 0 Å². The summed E-state index contributed by atoms with van der Waals surface area (Å²) < 4.78 is 5.40. The summed E-state index contributed by atoms with van der Waals surface area (Å²) in [7, 11) is 0. The molecule has 1 fully saturated rings. The van der Waals surface area contributed by atoms with Gasteiger partial charge in [-0.2, -0.15) is 0 Å². The Bertz CT molecular complexity index is 645. The summed E-state index contributed by atoms with van der Waals surface area (Å²) in [5.41, 5.74) is 6.79. The Morgan fingerprint density at radius 3 is 2.17 bits per heavy atom. The zero-order chi connectivity index (χ0) is 16.8. The molecule has 1 aliphatic rings. The molecule has 3 nitrogen and oxygen atoms in total. The average molecular weight is 324 g/mol. The molecule has 0 radical (unpaired) electrons. The molecule has 2 aromatic carbocycles. The number of nitrogens with zero attached hydrogens (tertiary/aromatic N) is 1. The van der Waals surface area contributed by atoms with Gasteiger partial charge in [-0.25, -0.2) is 0 Å². The molecule has 0 atom stereocenters. The van der Waals surface area contributed by atoms with E-state index in [2.05, 4.69) is 66.5 Å². The fourth-order valence-corrected chi connectivity index (χ4v) is 3.04. The average Bonchev–Trinajstić information content (AvgIpc) is 2.60. The van der Waals surface area contributed by atoms with Gasteiger partial charge in [-0.3, -0.25) is 4.90 Å². The number of rotatable bonds is 6. The smallest absolute Gasteiger partial charge is 0.0594 e. The molecule has 0 aromatic heterocycles. The summed E-state index contributed by atoms with van der Waals surface area (Å²) in [6, 6.07) is 15.7. The highest BCUT2D eigenvalue weighted by Crippen LogP contribution is 2.11. The minimum atomic E-state index is 0.862. The quantitative estimate of drug-likeness (QED) is 0.881. The van der Waals surface area contributed by atoms with E-state index in [9.17, 15) is 0 Å². The minimum absolute atomic E-state index is 0.862. The van der Waals surface area contributed by atoms with E-state index in [4.69, 9.17) is 4.74 Å². The van der Waals surface area contributed by atoms with E-state index in [1.807, 2.05) is 0 Å². The Labute approximate surface area is 145 Å². The zero-order valence-electron chi connectivity index (χ0n) is 14.8. The third-order valence-electron chi connectivity index (χ3n) is 4.76. The molecule has 0 amide bonds. The van der Waals surface area contributed by atoms with Gasteiger partial charge in [-0.15, -0.1) is 0 Å². The molecule has 0 bridgehead atoms. The molecule has 1 N–H and O–H groups in total. The monoisotopic (exact) mass is 324 g/mol. The molecule has 3 rings (SSSR count). The van der Waals surface area contributed by atoms with Gasteiger partial charge in [0.25, 0.3) is 0 Å². The fraction of sp³-hybridized carbons (Fsp3) is 0.429. The minimum Gasteiger partial charge on any atom is -0.379 e. The maximum atomic E-state index is 5.40. The molecule has 24 heavy (non-hydrogen) atoms. The lowest BCUT2D eigenvalue weighted by molar-refractivity contribution is 0.0342. The maximum absolute atomic E-state index is 5.40. The highest BCUT2D eigenvalue weighted by Gasteiger charge is 2.10. The van der Waals surface area contributed by atoms with Crippen molar-refractivity contribution in [2.24, 2.45) is 0 Å². The Morgan fingerprint density at radius 2 is 1.46 bits per heavy atom. The van der Waals surface area contributed by atoms with Gasteiger partial charge >= 0.3 is 0 Å². The van der Waals surface area contributed by atoms with Gasteiger partial charge in [-0.1, -0.05) is 42.5 Å². The normalized spacial score (nSPS) is 15.6. The van der Waals surface area contributed by atoms with Crippen LogP contribution in [0.4, 0.5) is 0 Å². The first kappa shape index (κ1) is 17.2. The Balaban J connectivity index is 1.46. The molecule has 2 aromatic rings. The van der Waals surface area contributed by atoms with Crippen LogP contribution in [0.2, 0.25) is 0 Å². The van der Waals surface area contributed by atoms with E-state index in [1.165, 1.54) is 27.8 Å². The summed E-state index contributed by atoms with van der Waals surface area (Å²) in [5.74, 6) is 0. The van der Waals surface area contributed by atoms with Gasteiger partial charge < -0.3 is 10.1 Å². The van der Waals surface area contributed by atoms with E-state index in [0.717, 1.165) is 45.9 Å². The van der Waals surface area contributed by atoms with E-state index in [1.54, 1.807) is 0 Å². The van der Waals surface area contributed by atoms with Crippen LogP contribution in [0, 0.1) is 13.8 Å². The molecule has 128 valence electrons. The van der Waals surface area contributed by atoms with E-state index >= 15 is 0 Å². The number of nitrogens with one attached hydrogen (secondary N) is 1. The lowest BCUT2D eigenvalue weighted by Gasteiger charge is -2.26. The van der Waals surface area contributed by atoms with Gasteiger partial charge in [0.1, 0.15) is 0 Å². The molecule has 0 unspecified atom stereocenters. The van der Waals surface area contributed by atoms with Crippen molar-refractivity contribution in [3.8, 4) is 0 Å².